The molecule has 0 heterocycles. The van der Waals surface area contributed by atoms with E-state index in [0.717, 1.165) is 31.4 Å². The molecule has 0 radical (unpaired) electrons. The first-order valence-electron chi connectivity index (χ1n) is 6.75. The Kier molecular flexibility index (Phi) is 7.22. The number of benzene rings is 1. The predicted octanol–water partition coefficient (Wildman–Crippen LogP) is 5.48. The van der Waals surface area contributed by atoms with Crippen molar-refractivity contribution in [3.63, 3.8) is 0 Å². The maximum absolute atomic E-state index is 13.2. The second kappa shape index (κ2) is 8.15. The van der Waals surface area contributed by atoms with Crippen LogP contribution in [-0.2, 0) is 0 Å². The molecule has 0 saturated heterocycles. The Labute approximate surface area is 129 Å². The van der Waals surface area contributed by atoms with Crippen LogP contribution in [0.25, 0.3) is 0 Å². The van der Waals surface area contributed by atoms with Gasteiger partial charge in [-0.1, -0.05) is 26.7 Å². The van der Waals surface area contributed by atoms with Gasteiger partial charge in [-0.05, 0) is 52.7 Å². The molecular weight excluding hydrogens is 327 g/mol. The minimum Gasteiger partial charge on any atom is -0.493 e. The highest BCUT2D eigenvalue weighted by Gasteiger charge is 2.27. The van der Waals surface area contributed by atoms with E-state index >= 15 is 0 Å². The zero-order chi connectivity index (χ0) is 14.3. The summed E-state index contributed by atoms with van der Waals surface area (Å²) in [7, 11) is 0. The van der Waals surface area contributed by atoms with E-state index < -0.39 is 0 Å². The van der Waals surface area contributed by atoms with Crippen molar-refractivity contribution in [2.45, 2.75) is 39.5 Å². The molecule has 0 aliphatic rings. The van der Waals surface area contributed by atoms with Crippen LogP contribution in [0.3, 0.4) is 0 Å². The average Bonchev–Trinajstić information content (AvgIpc) is 2.40. The highest BCUT2D eigenvalue weighted by Crippen LogP contribution is 2.32. The lowest BCUT2D eigenvalue weighted by Gasteiger charge is -2.31. The van der Waals surface area contributed by atoms with Crippen LogP contribution in [0.15, 0.2) is 22.7 Å². The third-order valence-electron chi connectivity index (χ3n) is 3.33. The van der Waals surface area contributed by atoms with Crippen LogP contribution < -0.4 is 4.74 Å². The molecule has 1 nitrogen and oxygen atoms in total. The zero-order valence-electron chi connectivity index (χ0n) is 11.6. The maximum Gasteiger partial charge on any atom is 0.137 e. The Bertz CT molecular complexity index is 392. The number of ether oxygens (including phenoxy) is 1. The molecule has 0 unspecified atom stereocenters. The lowest BCUT2D eigenvalue weighted by Crippen LogP contribution is -2.30. The van der Waals surface area contributed by atoms with Crippen LogP contribution in [-0.4, -0.2) is 12.4 Å². The summed E-state index contributed by atoms with van der Waals surface area (Å²) in [6, 6.07) is 4.76. The fourth-order valence-electron chi connectivity index (χ4n) is 2.34. The molecule has 0 saturated carbocycles. The number of rotatable bonds is 8. The van der Waals surface area contributed by atoms with Crippen molar-refractivity contribution >= 4 is 28.6 Å². The van der Waals surface area contributed by atoms with Gasteiger partial charge in [0.1, 0.15) is 11.6 Å². The van der Waals surface area contributed by atoms with Gasteiger partial charge in [-0.25, -0.2) is 4.39 Å². The fourth-order valence-corrected chi connectivity index (χ4v) is 3.10. The minimum atomic E-state index is -0.269. The summed E-state index contributed by atoms with van der Waals surface area (Å²) < 4.78 is 19.5. The molecule has 0 N–H and O–H groups in total. The van der Waals surface area contributed by atoms with Gasteiger partial charge < -0.3 is 4.74 Å². The molecular formula is C15H22BrFOS. The third-order valence-corrected chi connectivity index (χ3v) is 4.61. The van der Waals surface area contributed by atoms with Crippen molar-refractivity contribution in [1.29, 1.82) is 0 Å². The summed E-state index contributed by atoms with van der Waals surface area (Å²) in [6.07, 6.45) is 4.45. The van der Waals surface area contributed by atoms with Gasteiger partial charge >= 0.3 is 0 Å². The van der Waals surface area contributed by atoms with Crippen molar-refractivity contribution in [3.8, 4) is 5.75 Å². The molecule has 1 aromatic rings. The molecule has 108 valence electrons. The molecule has 1 rings (SSSR count). The Morgan fingerprint density at radius 2 is 1.89 bits per heavy atom. The van der Waals surface area contributed by atoms with E-state index in [4.69, 9.17) is 4.74 Å². The van der Waals surface area contributed by atoms with Crippen LogP contribution in [0, 0.1) is 11.2 Å². The Morgan fingerprint density at radius 3 is 2.37 bits per heavy atom. The molecule has 19 heavy (non-hydrogen) atoms. The molecule has 0 aliphatic carbocycles. The lowest BCUT2D eigenvalue weighted by atomic mass is 9.82. The van der Waals surface area contributed by atoms with Gasteiger partial charge in [0, 0.05) is 5.41 Å². The highest BCUT2D eigenvalue weighted by atomic mass is 79.9. The molecule has 0 aromatic heterocycles. The Balaban J connectivity index is 2.71. The first-order valence-corrected chi connectivity index (χ1v) is 8.18. The van der Waals surface area contributed by atoms with Crippen LogP contribution >= 0.6 is 28.6 Å². The van der Waals surface area contributed by atoms with Crippen molar-refractivity contribution in [2.24, 2.45) is 5.41 Å². The van der Waals surface area contributed by atoms with Crippen LogP contribution in [0.1, 0.15) is 39.5 Å². The van der Waals surface area contributed by atoms with E-state index in [1.807, 2.05) is 0 Å². The van der Waals surface area contributed by atoms with Gasteiger partial charge in [-0.15, -0.1) is 0 Å². The zero-order valence-corrected chi connectivity index (χ0v) is 14.1. The quantitative estimate of drug-likeness (QED) is 0.611. The molecule has 1 aromatic carbocycles. The van der Waals surface area contributed by atoms with Gasteiger partial charge in [0.25, 0.3) is 0 Å². The van der Waals surface area contributed by atoms with E-state index in [1.54, 1.807) is 12.1 Å². The monoisotopic (exact) mass is 348 g/mol. The minimum absolute atomic E-state index is 0.119. The summed E-state index contributed by atoms with van der Waals surface area (Å²) in [5.41, 5.74) is 0.119. The van der Waals surface area contributed by atoms with Gasteiger partial charge in [0.2, 0.25) is 0 Å². The first kappa shape index (κ1) is 16.8. The summed E-state index contributed by atoms with van der Waals surface area (Å²) >= 11 is 7.68. The smallest absolute Gasteiger partial charge is 0.137 e. The summed E-state index contributed by atoms with van der Waals surface area (Å²) in [4.78, 5) is 0. The molecule has 4 heteroatoms. The summed E-state index contributed by atoms with van der Waals surface area (Å²) in [6.45, 7) is 5.00. The molecule has 0 atom stereocenters. The molecule has 0 fully saturated rings. The van der Waals surface area contributed by atoms with Crippen LogP contribution in [0.2, 0.25) is 0 Å². The van der Waals surface area contributed by atoms with E-state index in [9.17, 15) is 4.39 Å². The normalized spacial score (nSPS) is 11.6. The number of hydrogen-bond acceptors (Lipinski definition) is 2. The second-order valence-electron chi connectivity index (χ2n) is 5.02. The van der Waals surface area contributed by atoms with E-state index in [1.165, 1.54) is 6.07 Å². The highest BCUT2D eigenvalue weighted by molar-refractivity contribution is 9.10. The Morgan fingerprint density at radius 1 is 1.26 bits per heavy atom. The van der Waals surface area contributed by atoms with Gasteiger partial charge in [-0.2, -0.15) is 12.6 Å². The lowest BCUT2D eigenvalue weighted by molar-refractivity contribution is 0.143. The third kappa shape index (κ3) is 4.99. The van der Waals surface area contributed by atoms with Gasteiger partial charge in [-0.3, -0.25) is 0 Å². The van der Waals surface area contributed by atoms with Crippen LogP contribution in [0.4, 0.5) is 4.39 Å². The second-order valence-corrected chi connectivity index (χ2v) is 6.19. The SMILES string of the molecule is CCCC(CS)(CCC)COc1ccc(F)c(Br)c1. The largest absolute Gasteiger partial charge is 0.493 e. The van der Waals surface area contributed by atoms with E-state index in [-0.39, 0.29) is 11.2 Å². The summed E-state index contributed by atoms with van der Waals surface area (Å²) in [5.74, 6) is 1.25. The van der Waals surface area contributed by atoms with E-state index in [2.05, 4.69) is 42.4 Å². The molecule has 0 aliphatic heterocycles. The van der Waals surface area contributed by atoms with Gasteiger partial charge in [0.05, 0.1) is 11.1 Å². The number of halogens is 2. The standard InChI is InChI=1S/C15H22BrFOS/c1-3-7-15(11-19,8-4-2)10-18-12-5-6-14(17)13(16)9-12/h5-6,9,19H,3-4,7-8,10-11H2,1-2H3. The predicted molar refractivity (Wildman–Crippen MR) is 85.7 cm³/mol. The number of hydrogen-bond donors (Lipinski definition) is 1. The molecule has 0 amide bonds. The van der Waals surface area contributed by atoms with E-state index in [0.29, 0.717) is 16.8 Å². The first-order chi connectivity index (χ1) is 9.06. The fraction of sp³-hybridized carbons (Fsp3) is 0.600. The van der Waals surface area contributed by atoms with Gasteiger partial charge in [0.15, 0.2) is 0 Å². The average molecular weight is 349 g/mol. The van der Waals surface area contributed by atoms with Crippen LogP contribution in [0.5, 0.6) is 5.75 Å². The topological polar surface area (TPSA) is 9.23 Å². The summed E-state index contributed by atoms with van der Waals surface area (Å²) in [5, 5.41) is 0. The maximum atomic E-state index is 13.2. The van der Waals surface area contributed by atoms with Crippen molar-refractivity contribution in [3.05, 3.63) is 28.5 Å². The molecule has 0 spiro atoms. The number of thiol groups is 1. The van der Waals surface area contributed by atoms with Crippen molar-refractivity contribution < 1.29 is 9.13 Å². The van der Waals surface area contributed by atoms with Crippen molar-refractivity contribution in [2.75, 3.05) is 12.4 Å². The Hall–Kier alpha value is -0.220. The van der Waals surface area contributed by atoms with Crippen molar-refractivity contribution in [1.82, 2.24) is 0 Å². The molecule has 0 bridgehead atoms.